The Bertz CT molecular complexity index is 995. The first-order chi connectivity index (χ1) is 13.6. The number of halogens is 1. The Kier molecular flexibility index (Phi) is 5.15. The van der Waals surface area contributed by atoms with E-state index in [0.717, 1.165) is 41.0 Å². The second-order valence-corrected chi connectivity index (χ2v) is 7.31. The fourth-order valence-electron chi connectivity index (χ4n) is 3.94. The van der Waals surface area contributed by atoms with Crippen LogP contribution in [0.1, 0.15) is 11.6 Å². The highest BCUT2D eigenvalue weighted by molar-refractivity contribution is 6.31. The molecule has 3 aromatic rings. The molecule has 2 aromatic carbocycles. The minimum Gasteiger partial charge on any atom is -0.495 e. The summed E-state index contributed by atoms with van der Waals surface area (Å²) in [6.07, 6.45) is 1.78. The highest BCUT2D eigenvalue weighted by Gasteiger charge is 2.32. The third kappa shape index (κ3) is 3.41. The number of methoxy groups -OCH3 is 1. The number of anilines is 1. The first-order valence-corrected chi connectivity index (χ1v) is 9.57. The van der Waals surface area contributed by atoms with Gasteiger partial charge in [0.1, 0.15) is 11.8 Å². The number of aromatic nitrogens is 1. The summed E-state index contributed by atoms with van der Waals surface area (Å²) in [4.78, 5) is 19.6. The summed E-state index contributed by atoms with van der Waals surface area (Å²) in [7, 11) is 1.66. The lowest BCUT2D eigenvalue weighted by Gasteiger charge is -2.39. The van der Waals surface area contributed by atoms with Gasteiger partial charge >= 0.3 is 5.97 Å². The molecule has 1 aliphatic rings. The van der Waals surface area contributed by atoms with Gasteiger partial charge in [0.05, 0.1) is 12.8 Å². The van der Waals surface area contributed by atoms with Gasteiger partial charge in [-0.2, -0.15) is 0 Å². The predicted molar refractivity (Wildman–Crippen MR) is 110 cm³/mol. The average Bonchev–Trinajstić information content (AvgIpc) is 3.11. The number of piperazine rings is 1. The van der Waals surface area contributed by atoms with E-state index in [1.54, 1.807) is 19.4 Å². The second-order valence-electron chi connectivity index (χ2n) is 6.87. The number of nitrogens with one attached hydrogen (secondary N) is 1. The molecule has 0 bridgehead atoms. The van der Waals surface area contributed by atoms with Crippen molar-refractivity contribution < 1.29 is 14.6 Å². The van der Waals surface area contributed by atoms with Crippen molar-refractivity contribution in [2.75, 3.05) is 38.2 Å². The van der Waals surface area contributed by atoms with Crippen LogP contribution in [-0.2, 0) is 4.79 Å². The van der Waals surface area contributed by atoms with E-state index in [4.69, 9.17) is 16.3 Å². The van der Waals surface area contributed by atoms with Crippen LogP contribution in [0, 0.1) is 0 Å². The number of rotatable bonds is 5. The number of hydrogen-bond donors (Lipinski definition) is 2. The molecule has 1 atom stereocenters. The van der Waals surface area contributed by atoms with Gasteiger partial charge in [0.25, 0.3) is 0 Å². The van der Waals surface area contributed by atoms with Crippen LogP contribution in [0.25, 0.3) is 10.9 Å². The monoisotopic (exact) mass is 399 g/mol. The zero-order chi connectivity index (χ0) is 19.7. The minimum atomic E-state index is -0.855. The Morgan fingerprint density at radius 3 is 2.64 bits per heavy atom. The molecule has 28 heavy (non-hydrogen) atoms. The zero-order valence-corrected chi connectivity index (χ0v) is 16.3. The second kappa shape index (κ2) is 7.73. The molecule has 0 radical (unpaired) electrons. The molecule has 0 amide bonds. The van der Waals surface area contributed by atoms with Crippen LogP contribution in [0.3, 0.4) is 0 Å². The van der Waals surface area contributed by atoms with Crippen LogP contribution in [-0.4, -0.2) is 54.2 Å². The molecular weight excluding hydrogens is 378 g/mol. The van der Waals surface area contributed by atoms with E-state index in [-0.39, 0.29) is 0 Å². The lowest BCUT2D eigenvalue weighted by atomic mass is 10.0. The fraction of sp³-hybridized carbons (Fsp3) is 0.286. The Labute approximate surface area is 168 Å². The van der Waals surface area contributed by atoms with Crippen LogP contribution < -0.4 is 9.64 Å². The van der Waals surface area contributed by atoms with Gasteiger partial charge in [-0.3, -0.25) is 9.69 Å². The zero-order valence-electron chi connectivity index (χ0n) is 15.6. The highest BCUT2D eigenvalue weighted by Crippen LogP contribution is 2.33. The van der Waals surface area contributed by atoms with Gasteiger partial charge in [-0.1, -0.05) is 23.7 Å². The Balaban J connectivity index is 1.57. The Hall–Kier alpha value is -2.70. The summed E-state index contributed by atoms with van der Waals surface area (Å²) in [5.74, 6) is -0.0244. The number of benzene rings is 2. The van der Waals surface area contributed by atoms with Crippen molar-refractivity contribution in [3.05, 3.63) is 59.2 Å². The number of nitrogens with zero attached hydrogens (tertiary/aromatic N) is 2. The van der Waals surface area contributed by atoms with Gasteiger partial charge in [0.2, 0.25) is 0 Å². The SMILES string of the molecule is COc1ccccc1N1CCN(C(C(=O)O)c2c[nH]c3ccc(Cl)cc23)CC1. The maximum atomic E-state index is 12.2. The summed E-state index contributed by atoms with van der Waals surface area (Å²) < 4.78 is 5.46. The van der Waals surface area contributed by atoms with Crippen molar-refractivity contribution in [1.82, 2.24) is 9.88 Å². The minimum absolute atomic E-state index is 0.596. The van der Waals surface area contributed by atoms with E-state index in [1.165, 1.54) is 0 Å². The van der Waals surface area contributed by atoms with Crippen molar-refractivity contribution in [3.8, 4) is 5.75 Å². The van der Waals surface area contributed by atoms with Gasteiger partial charge in [0, 0.05) is 53.9 Å². The molecule has 0 saturated carbocycles. The molecule has 1 saturated heterocycles. The highest BCUT2D eigenvalue weighted by atomic mass is 35.5. The molecule has 1 unspecified atom stereocenters. The number of ether oxygens (including phenoxy) is 1. The van der Waals surface area contributed by atoms with Crippen molar-refractivity contribution in [3.63, 3.8) is 0 Å². The maximum Gasteiger partial charge on any atom is 0.325 e. The quantitative estimate of drug-likeness (QED) is 0.683. The molecule has 0 spiro atoms. The van der Waals surface area contributed by atoms with Gasteiger partial charge in [-0.25, -0.2) is 0 Å². The summed E-state index contributed by atoms with van der Waals surface area (Å²) in [5, 5.41) is 11.4. The number of para-hydroxylation sites is 2. The summed E-state index contributed by atoms with van der Waals surface area (Å²) >= 11 is 6.14. The first-order valence-electron chi connectivity index (χ1n) is 9.20. The van der Waals surface area contributed by atoms with Crippen LogP contribution in [0.15, 0.2) is 48.7 Å². The van der Waals surface area contributed by atoms with Crippen molar-refractivity contribution in [1.29, 1.82) is 0 Å². The predicted octanol–water partition coefficient (Wildman–Crippen LogP) is 3.78. The third-order valence-corrected chi connectivity index (χ3v) is 5.54. The smallest absolute Gasteiger partial charge is 0.325 e. The van der Waals surface area contributed by atoms with E-state index >= 15 is 0 Å². The molecule has 1 aliphatic heterocycles. The van der Waals surface area contributed by atoms with Crippen molar-refractivity contribution >= 4 is 34.2 Å². The number of carboxylic acids is 1. The van der Waals surface area contributed by atoms with Gasteiger partial charge in [0.15, 0.2) is 0 Å². The fourth-order valence-corrected chi connectivity index (χ4v) is 4.11. The molecular formula is C21H22ClN3O3. The van der Waals surface area contributed by atoms with Crippen LogP contribution in [0.5, 0.6) is 5.75 Å². The number of carbonyl (C=O) groups is 1. The maximum absolute atomic E-state index is 12.2. The van der Waals surface area contributed by atoms with E-state index in [1.807, 2.05) is 41.3 Å². The molecule has 6 nitrogen and oxygen atoms in total. The summed E-state index contributed by atoms with van der Waals surface area (Å²) in [6, 6.07) is 12.7. The van der Waals surface area contributed by atoms with Gasteiger partial charge in [-0.05, 0) is 30.3 Å². The summed E-state index contributed by atoms with van der Waals surface area (Å²) in [6.45, 7) is 2.74. The van der Waals surface area contributed by atoms with Crippen LogP contribution >= 0.6 is 11.6 Å². The molecule has 1 fully saturated rings. The van der Waals surface area contributed by atoms with E-state index in [0.29, 0.717) is 18.1 Å². The van der Waals surface area contributed by atoms with Crippen molar-refractivity contribution in [2.45, 2.75) is 6.04 Å². The van der Waals surface area contributed by atoms with Gasteiger partial charge < -0.3 is 19.7 Å². The lowest BCUT2D eigenvalue weighted by molar-refractivity contribution is -0.143. The lowest BCUT2D eigenvalue weighted by Crippen LogP contribution is -2.49. The Morgan fingerprint density at radius 2 is 1.93 bits per heavy atom. The molecule has 0 aliphatic carbocycles. The molecule has 146 valence electrons. The Morgan fingerprint density at radius 1 is 1.18 bits per heavy atom. The third-order valence-electron chi connectivity index (χ3n) is 5.31. The van der Waals surface area contributed by atoms with E-state index in [2.05, 4.69) is 9.88 Å². The van der Waals surface area contributed by atoms with Crippen LogP contribution in [0.2, 0.25) is 5.02 Å². The molecule has 7 heteroatoms. The molecule has 2 heterocycles. The number of fused-ring (bicyclic) bond motifs is 1. The number of carboxylic acid groups (broad SMARTS) is 1. The average molecular weight is 400 g/mol. The normalized spacial score (nSPS) is 16.3. The standard InChI is InChI=1S/C21H22ClN3O3/c1-28-19-5-3-2-4-18(19)24-8-10-25(11-9-24)20(21(26)27)16-13-23-17-7-6-14(22)12-15(16)17/h2-7,12-13,20,23H,8-11H2,1H3,(H,26,27). The molecule has 2 N–H and O–H groups in total. The largest absolute Gasteiger partial charge is 0.495 e. The van der Waals surface area contributed by atoms with Crippen LogP contribution in [0.4, 0.5) is 5.69 Å². The topological polar surface area (TPSA) is 68.8 Å². The van der Waals surface area contributed by atoms with E-state index in [9.17, 15) is 9.90 Å². The van der Waals surface area contributed by atoms with Gasteiger partial charge in [-0.15, -0.1) is 0 Å². The number of aliphatic carboxylic acids is 1. The number of aromatic amines is 1. The van der Waals surface area contributed by atoms with Crippen molar-refractivity contribution in [2.24, 2.45) is 0 Å². The number of hydrogen-bond acceptors (Lipinski definition) is 4. The summed E-state index contributed by atoms with van der Waals surface area (Å²) in [5.41, 5.74) is 2.67. The first kappa shape index (κ1) is 18.7. The number of H-pyrrole nitrogens is 1. The molecule has 1 aromatic heterocycles. The van der Waals surface area contributed by atoms with E-state index < -0.39 is 12.0 Å². The molecule has 4 rings (SSSR count).